The van der Waals surface area contributed by atoms with Crippen molar-refractivity contribution >= 4 is 17.6 Å². The maximum Gasteiger partial charge on any atom is 0.339 e. The molecule has 0 spiro atoms. The first kappa shape index (κ1) is 12.7. The summed E-state index contributed by atoms with van der Waals surface area (Å²) in [6.07, 6.45) is 5.38. The lowest BCUT2D eigenvalue weighted by Crippen LogP contribution is -2.31. The van der Waals surface area contributed by atoms with Crippen LogP contribution in [0.15, 0.2) is 6.20 Å². The minimum absolute atomic E-state index is 0.0819. The highest BCUT2D eigenvalue weighted by Crippen LogP contribution is 2.38. The van der Waals surface area contributed by atoms with Crippen LogP contribution in [0, 0.1) is 12.3 Å². The minimum Gasteiger partial charge on any atom is -0.478 e. The number of carbonyl (C=O) groups is 2. The fourth-order valence-corrected chi connectivity index (χ4v) is 2.56. The van der Waals surface area contributed by atoms with Crippen LogP contribution in [0.2, 0.25) is 0 Å². The molecule has 5 heteroatoms. The van der Waals surface area contributed by atoms with E-state index in [4.69, 9.17) is 5.11 Å². The number of aryl methyl sites for hydroxylation is 1. The molecule has 1 heterocycles. The SMILES string of the molecule is Cc1[nH]cc(NC(=O)C2(C)CCCC2)c1C(=O)O. The van der Waals surface area contributed by atoms with Crippen LogP contribution in [0.4, 0.5) is 5.69 Å². The van der Waals surface area contributed by atoms with E-state index >= 15 is 0 Å². The number of anilines is 1. The van der Waals surface area contributed by atoms with Gasteiger partial charge in [0.25, 0.3) is 0 Å². The van der Waals surface area contributed by atoms with Gasteiger partial charge in [0.15, 0.2) is 0 Å². The lowest BCUT2D eigenvalue weighted by molar-refractivity contribution is -0.124. The summed E-state index contributed by atoms with van der Waals surface area (Å²) in [5.41, 5.74) is 0.693. The molecular formula is C13H18N2O3. The zero-order valence-electron chi connectivity index (χ0n) is 10.7. The van der Waals surface area contributed by atoms with Gasteiger partial charge in [0.1, 0.15) is 5.56 Å². The number of carboxylic acids is 1. The van der Waals surface area contributed by atoms with Gasteiger partial charge in [-0.3, -0.25) is 4.79 Å². The molecule has 1 saturated carbocycles. The van der Waals surface area contributed by atoms with Crippen molar-refractivity contribution in [2.45, 2.75) is 39.5 Å². The molecule has 0 aromatic carbocycles. The van der Waals surface area contributed by atoms with E-state index in [1.807, 2.05) is 6.92 Å². The first-order valence-electron chi connectivity index (χ1n) is 6.17. The number of aromatic carboxylic acids is 1. The van der Waals surface area contributed by atoms with Gasteiger partial charge in [-0.25, -0.2) is 4.79 Å². The number of carbonyl (C=O) groups excluding carboxylic acids is 1. The molecule has 0 aliphatic heterocycles. The number of H-pyrrole nitrogens is 1. The van der Waals surface area contributed by atoms with Crippen molar-refractivity contribution in [3.63, 3.8) is 0 Å². The van der Waals surface area contributed by atoms with Crippen molar-refractivity contribution in [1.82, 2.24) is 4.98 Å². The molecule has 5 nitrogen and oxygen atoms in total. The van der Waals surface area contributed by atoms with E-state index in [2.05, 4.69) is 10.3 Å². The monoisotopic (exact) mass is 250 g/mol. The second-order valence-electron chi connectivity index (χ2n) is 5.23. The van der Waals surface area contributed by atoms with Crippen LogP contribution in [0.25, 0.3) is 0 Å². The number of aromatic nitrogens is 1. The van der Waals surface area contributed by atoms with Gasteiger partial charge in [0.05, 0.1) is 5.69 Å². The number of amides is 1. The van der Waals surface area contributed by atoms with Crippen molar-refractivity contribution in [2.24, 2.45) is 5.41 Å². The van der Waals surface area contributed by atoms with E-state index < -0.39 is 5.97 Å². The van der Waals surface area contributed by atoms with E-state index in [1.54, 1.807) is 6.92 Å². The normalized spacial score (nSPS) is 17.7. The molecule has 0 radical (unpaired) electrons. The summed E-state index contributed by atoms with van der Waals surface area (Å²) in [7, 11) is 0. The third kappa shape index (κ3) is 2.12. The van der Waals surface area contributed by atoms with Crippen molar-refractivity contribution < 1.29 is 14.7 Å². The molecule has 0 atom stereocenters. The summed E-state index contributed by atoms with van der Waals surface area (Å²) < 4.78 is 0. The first-order chi connectivity index (χ1) is 8.44. The summed E-state index contributed by atoms with van der Waals surface area (Å²) in [5, 5.41) is 11.9. The van der Waals surface area contributed by atoms with E-state index in [0.29, 0.717) is 11.4 Å². The van der Waals surface area contributed by atoms with Gasteiger partial charge in [0, 0.05) is 17.3 Å². The maximum absolute atomic E-state index is 12.2. The summed E-state index contributed by atoms with van der Waals surface area (Å²) >= 11 is 0. The number of nitrogens with one attached hydrogen (secondary N) is 2. The molecule has 0 unspecified atom stereocenters. The highest BCUT2D eigenvalue weighted by Gasteiger charge is 2.36. The van der Waals surface area contributed by atoms with Crippen molar-refractivity contribution in [3.8, 4) is 0 Å². The molecule has 1 aromatic rings. The second-order valence-corrected chi connectivity index (χ2v) is 5.23. The molecule has 98 valence electrons. The number of hydrogen-bond acceptors (Lipinski definition) is 2. The Morgan fingerprint density at radius 3 is 2.56 bits per heavy atom. The molecule has 18 heavy (non-hydrogen) atoms. The van der Waals surface area contributed by atoms with Crippen LogP contribution in [0.1, 0.15) is 48.7 Å². The largest absolute Gasteiger partial charge is 0.478 e. The Bertz CT molecular complexity index is 484. The van der Waals surface area contributed by atoms with Crippen LogP contribution < -0.4 is 5.32 Å². The molecule has 1 aliphatic rings. The third-order valence-electron chi connectivity index (χ3n) is 3.79. The van der Waals surface area contributed by atoms with E-state index in [-0.39, 0.29) is 16.9 Å². The highest BCUT2D eigenvalue weighted by atomic mass is 16.4. The quantitative estimate of drug-likeness (QED) is 0.771. The molecule has 1 amide bonds. The summed E-state index contributed by atoms with van der Waals surface area (Å²) in [5.74, 6) is -1.11. The molecule has 2 rings (SSSR count). The zero-order chi connectivity index (χ0) is 13.3. The Hall–Kier alpha value is -1.78. The topological polar surface area (TPSA) is 82.2 Å². The Morgan fingerprint density at radius 2 is 2.00 bits per heavy atom. The lowest BCUT2D eigenvalue weighted by atomic mass is 9.88. The number of carboxylic acid groups (broad SMARTS) is 1. The van der Waals surface area contributed by atoms with Gasteiger partial charge in [-0.15, -0.1) is 0 Å². The van der Waals surface area contributed by atoms with Crippen LogP contribution in [0.3, 0.4) is 0 Å². The second kappa shape index (κ2) is 4.48. The highest BCUT2D eigenvalue weighted by molar-refractivity contribution is 6.03. The van der Waals surface area contributed by atoms with Crippen LogP contribution in [-0.2, 0) is 4.79 Å². The van der Waals surface area contributed by atoms with E-state index in [1.165, 1.54) is 6.20 Å². The maximum atomic E-state index is 12.2. The summed E-state index contributed by atoms with van der Waals surface area (Å²) in [4.78, 5) is 26.1. The van der Waals surface area contributed by atoms with Gasteiger partial charge >= 0.3 is 5.97 Å². The van der Waals surface area contributed by atoms with Crippen molar-refractivity contribution in [1.29, 1.82) is 0 Å². The molecule has 0 saturated heterocycles. The fraction of sp³-hybridized carbons (Fsp3) is 0.538. The predicted molar refractivity (Wildman–Crippen MR) is 67.7 cm³/mol. The number of aromatic amines is 1. The van der Waals surface area contributed by atoms with Gasteiger partial charge in [-0.1, -0.05) is 19.8 Å². The van der Waals surface area contributed by atoms with Gasteiger partial charge in [0.2, 0.25) is 5.91 Å². The molecule has 1 fully saturated rings. The van der Waals surface area contributed by atoms with Crippen LogP contribution in [0.5, 0.6) is 0 Å². The zero-order valence-corrected chi connectivity index (χ0v) is 10.7. The average Bonchev–Trinajstić information content (AvgIpc) is 2.86. The third-order valence-corrected chi connectivity index (χ3v) is 3.79. The Balaban J connectivity index is 2.19. The molecule has 0 bridgehead atoms. The molecular weight excluding hydrogens is 232 g/mol. The standard InChI is InChI=1S/C13H18N2O3/c1-8-10(11(16)17)9(7-14-8)15-12(18)13(2)5-3-4-6-13/h7,14H,3-6H2,1-2H3,(H,15,18)(H,16,17). The molecule has 1 aliphatic carbocycles. The Labute approximate surface area is 106 Å². The van der Waals surface area contributed by atoms with Crippen LogP contribution in [-0.4, -0.2) is 22.0 Å². The van der Waals surface area contributed by atoms with Gasteiger partial charge in [-0.2, -0.15) is 0 Å². The minimum atomic E-state index is -1.03. The van der Waals surface area contributed by atoms with E-state index in [0.717, 1.165) is 25.7 Å². The fourth-order valence-electron chi connectivity index (χ4n) is 2.56. The lowest BCUT2D eigenvalue weighted by Gasteiger charge is -2.22. The Morgan fingerprint density at radius 1 is 1.39 bits per heavy atom. The average molecular weight is 250 g/mol. The summed E-state index contributed by atoms with van der Waals surface area (Å²) in [6, 6.07) is 0. The number of hydrogen-bond donors (Lipinski definition) is 3. The van der Waals surface area contributed by atoms with Gasteiger partial charge < -0.3 is 15.4 Å². The van der Waals surface area contributed by atoms with Crippen molar-refractivity contribution in [3.05, 3.63) is 17.5 Å². The molecule has 3 N–H and O–H groups in total. The number of rotatable bonds is 3. The molecule has 1 aromatic heterocycles. The smallest absolute Gasteiger partial charge is 0.339 e. The predicted octanol–water partition coefficient (Wildman–Crippen LogP) is 2.54. The van der Waals surface area contributed by atoms with Crippen molar-refractivity contribution in [2.75, 3.05) is 5.32 Å². The Kier molecular flexibility index (Phi) is 3.15. The van der Waals surface area contributed by atoms with Gasteiger partial charge in [-0.05, 0) is 19.8 Å². The van der Waals surface area contributed by atoms with E-state index in [9.17, 15) is 9.59 Å². The summed E-state index contributed by atoms with van der Waals surface area (Å²) in [6.45, 7) is 3.62. The van der Waals surface area contributed by atoms with Crippen LogP contribution >= 0.6 is 0 Å². The first-order valence-corrected chi connectivity index (χ1v) is 6.17.